The molecule has 2 aliphatic heterocycles. The van der Waals surface area contributed by atoms with Crippen LogP contribution in [0, 0.1) is 0 Å². The number of nitrogens with one attached hydrogen (secondary N) is 1. The van der Waals surface area contributed by atoms with Gasteiger partial charge < -0.3 is 24.4 Å². The van der Waals surface area contributed by atoms with Crippen molar-refractivity contribution in [3.63, 3.8) is 0 Å². The Balaban J connectivity index is 1.36. The van der Waals surface area contributed by atoms with Crippen LogP contribution in [0.2, 0.25) is 0 Å². The molecule has 1 aromatic heterocycles. The summed E-state index contributed by atoms with van der Waals surface area (Å²) in [7, 11) is 0. The first-order chi connectivity index (χ1) is 11.9. The highest BCUT2D eigenvalue weighted by molar-refractivity contribution is 5.41. The number of benzene rings is 1. The van der Waals surface area contributed by atoms with Crippen LogP contribution >= 0.6 is 0 Å². The van der Waals surface area contributed by atoms with Gasteiger partial charge in [0.05, 0.1) is 12.4 Å². The van der Waals surface area contributed by atoms with Gasteiger partial charge in [-0.15, -0.1) is 0 Å². The van der Waals surface area contributed by atoms with E-state index in [4.69, 9.17) is 14.2 Å². The predicted octanol–water partition coefficient (Wildman–Crippen LogP) is 1.10. The van der Waals surface area contributed by atoms with Gasteiger partial charge >= 0.3 is 0 Å². The maximum Gasteiger partial charge on any atom is 0.234 e. The average Bonchev–Trinajstić information content (AvgIpc) is 2.67. The number of rotatable bonds is 4. The van der Waals surface area contributed by atoms with Crippen LogP contribution in [-0.2, 0) is 0 Å². The van der Waals surface area contributed by atoms with Gasteiger partial charge in [-0.1, -0.05) is 12.1 Å². The number of fused-ring (bicyclic) bond motifs is 1. The quantitative estimate of drug-likeness (QED) is 0.901. The molecule has 0 unspecified atom stereocenters. The molecule has 0 amide bonds. The molecule has 0 aliphatic carbocycles. The largest absolute Gasteiger partial charge is 0.486 e. The fraction of sp³-hybridized carbons (Fsp3) is 0.412. The molecule has 1 atom stereocenters. The lowest BCUT2D eigenvalue weighted by atomic mass is 10.3. The standard InChI is InChI=1S/C17H20N4O3/c1-2-4-15-14(3-1)22-11-13(24-15)12-23-17-10-19-9-16(20-17)21-7-5-18-6-8-21/h1-4,9-10,13,18H,5-8,11-12H2/t13-/m1/s1. The number of aromatic nitrogens is 2. The number of anilines is 1. The van der Waals surface area contributed by atoms with E-state index in [1.807, 2.05) is 24.3 Å². The van der Waals surface area contributed by atoms with E-state index in [-0.39, 0.29) is 6.10 Å². The molecule has 2 aromatic rings. The zero-order valence-corrected chi connectivity index (χ0v) is 13.4. The van der Waals surface area contributed by atoms with Crippen molar-refractivity contribution in [2.24, 2.45) is 0 Å². The van der Waals surface area contributed by atoms with Gasteiger partial charge in [-0.25, -0.2) is 0 Å². The summed E-state index contributed by atoms with van der Waals surface area (Å²) in [5, 5.41) is 3.32. The number of ether oxygens (including phenoxy) is 3. The van der Waals surface area contributed by atoms with Gasteiger partial charge in [0.2, 0.25) is 5.88 Å². The van der Waals surface area contributed by atoms with Crippen molar-refractivity contribution in [1.29, 1.82) is 0 Å². The second-order valence-corrected chi connectivity index (χ2v) is 5.76. The van der Waals surface area contributed by atoms with Crippen molar-refractivity contribution >= 4 is 5.82 Å². The molecule has 1 fully saturated rings. The Labute approximate surface area is 140 Å². The van der Waals surface area contributed by atoms with E-state index in [9.17, 15) is 0 Å². The Bertz CT molecular complexity index is 691. The SMILES string of the molecule is c1ccc2c(c1)OC[C@H](COc1cncc(N3CCNCC3)n1)O2. The highest BCUT2D eigenvalue weighted by atomic mass is 16.6. The lowest BCUT2D eigenvalue weighted by Gasteiger charge is -2.28. The Morgan fingerprint density at radius 1 is 1.17 bits per heavy atom. The maximum absolute atomic E-state index is 5.88. The normalized spacial score (nSPS) is 19.8. The van der Waals surface area contributed by atoms with Crippen molar-refractivity contribution in [2.45, 2.75) is 6.10 Å². The van der Waals surface area contributed by atoms with Crippen molar-refractivity contribution in [1.82, 2.24) is 15.3 Å². The molecule has 1 saturated heterocycles. The van der Waals surface area contributed by atoms with Crippen molar-refractivity contribution in [3.8, 4) is 17.4 Å². The summed E-state index contributed by atoms with van der Waals surface area (Å²) in [6, 6.07) is 7.64. The summed E-state index contributed by atoms with van der Waals surface area (Å²) < 4.78 is 17.3. The molecule has 126 valence electrons. The molecule has 0 radical (unpaired) electrons. The first-order valence-corrected chi connectivity index (χ1v) is 8.17. The second kappa shape index (κ2) is 6.92. The van der Waals surface area contributed by atoms with E-state index in [0.29, 0.717) is 19.1 Å². The van der Waals surface area contributed by atoms with Gasteiger partial charge in [-0.3, -0.25) is 4.98 Å². The van der Waals surface area contributed by atoms with E-state index in [1.54, 1.807) is 12.4 Å². The second-order valence-electron chi connectivity index (χ2n) is 5.76. The van der Waals surface area contributed by atoms with Gasteiger partial charge in [0.25, 0.3) is 0 Å². The molecule has 4 rings (SSSR count). The molecule has 7 heteroatoms. The van der Waals surface area contributed by atoms with E-state index in [1.165, 1.54) is 0 Å². The molecule has 2 aliphatic rings. The number of para-hydroxylation sites is 2. The summed E-state index contributed by atoms with van der Waals surface area (Å²) >= 11 is 0. The minimum atomic E-state index is -0.162. The summed E-state index contributed by atoms with van der Waals surface area (Å²) in [6.07, 6.45) is 3.24. The summed E-state index contributed by atoms with van der Waals surface area (Å²) in [5.41, 5.74) is 0. The molecule has 1 N–H and O–H groups in total. The first kappa shape index (κ1) is 15.0. The lowest BCUT2D eigenvalue weighted by Crippen LogP contribution is -2.44. The van der Waals surface area contributed by atoms with Crippen molar-refractivity contribution in [3.05, 3.63) is 36.7 Å². The fourth-order valence-corrected chi connectivity index (χ4v) is 2.78. The summed E-state index contributed by atoms with van der Waals surface area (Å²) in [6.45, 7) is 4.60. The van der Waals surface area contributed by atoms with Crippen LogP contribution in [0.4, 0.5) is 5.82 Å². The average molecular weight is 328 g/mol. The fourth-order valence-electron chi connectivity index (χ4n) is 2.78. The molecular weight excluding hydrogens is 308 g/mol. The minimum Gasteiger partial charge on any atom is -0.486 e. The molecule has 0 spiro atoms. The molecule has 7 nitrogen and oxygen atoms in total. The Morgan fingerprint density at radius 2 is 2.00 bits per heavy atom. The number of hydrogen-bond donors (Lipinski definition) is 1. The number of hydrogen-bond acceptors (Lipinski definition) is 7. The van der Waals surface area contributed by atoms with E-state index < -0.39 is 0 Å². The van der Waals surface area contributed by atoms with Crippen LogP contribution < -0.4 is 24.4 Å². The van der Waals surface area contributed by atoms with E-state index in [2.05, 4.69) is 20.2 Å². The third-order valence-corrected chi connectivity index (χ3v) is 4.03. The zero-order valence-electron chi connectivity index (χ0n) is 13.4. The maximum atomic E-state index is 5.88. The Morgan fingerprint density at radius 3 is 2.88 bits per heavy atom. The predicted molar refractivity (Wildman–Crippen MR) is 89.0 cm³/mol. The smallest absolute Gasteiger partial charge is 0.234 e. The molecule has 1 aromatic carbocycles. The Hall–Kier alpha value is -2.54. The van der Waals surface area contributed by atoms with Gasteiger partial charge in [-0.05, 0) is 12.1 Å². The monoisotopic (exact) mass is 328 g/mol. The summed E-state index contributed by atoms with van der Waals surface area (Å²) in [4.78, 5) is 11.0. The van der Waals surface area contributed by atoms with Gasteiger partial charge in [0.15, 0.2) is 23.4 Å². The van der Waals surface area contributed by atoms with E-state index in [0.717, 1.165) is 43.5 Å². The number of nitrogens with zero attached hydrogens (tertiary/aromatic N) is 3. The first-order valence-electron chi connectivity index (χ1n) is 8.17. The van der Waals surface area contributed by atoms with Gasteiger partial charge in [0, 0.05) is 26.2 Å². The van der Waals surface area contributed by atoms with Crippen LogP contribution in [0.5, 0.6) is 17.4 Å². The third-order valence-electron chi connectivity index (χ3n) is 4.03. The van der Waals surface area contributed by atoms with Crippen LogP contribution in [0.15, 0.2) is 36.7 Å². The lowest BCUT2D eigenvalue weighted by molar-refractivity contribution is 0.0521. The topological polar surface area (TPSA) is 68.7 Å². The van der Waals surface area contributed by atoms with Crippen LogP contribution in [0.25, 0.3) is 0 Å². The minimum absolute atomic E-state index is 0.162. The number of piperazine rings is 1. The molecule has 24 heavy (non-hydrogen) atoms. The van der Waals surface area contributed by atoms with Crippen LogP contribution in [0.1, 0.15) is 0 Å². The molecule has 3 heterocycles. The highest BCUT2D eigenvalue weighted by Crippen LogP contribution is 2.30. The van der Waals surface area contributed by atoms with Crippen LogP contribution in [-0.4, -0.2) is 55.5 Å². The highest BCUT2D eigenvalue weighted by Gasteiger charge is 2.21. The van der Waals surface area contributed by atoms with Gasteiger partial charge in [-0.2, -0.15) is 4.98 Å². The van der Waals surface area contributed by atoms with E-state index >= 15 is 0 Å². The van der Waals surface area contributed by atoms with Crippen molar-refractivity contribution < 1.29 is 14.2 Å². The molecule has 0 saturated carbocycles. The summed E-state index contributed by atoms with van der Waals surface area (Å²) in [5.74, 6) is 2.88. The van der Waals surface area contributed by atoms with Gasteiger partial charge in [0.1, 0.15) is 13.2 Å². The molecule has 0 bridgehead atoms. The van der Waals surface area contributed by atoms with Crippen molar-refractivity contribution in [2.75, 3.05) is 44.3 Å². The Kier molecular flexibility index (Phi) is 4.33. The molecular formula is C17H20N4O3. The third kappa shape index (κ3) is 3.35. The van der Waals surface area contributed by atoms with Crippen LogP contribution in [0.3, 0.4) is 0 Å². The zero-order chi connectivity index (χ0) is 16.2.